The van der Waals surface area contributed by atoms with Crippen molar-refractivity contribution >= 4 is 11.5 Å². The van der Waals surface area contributed by atoms with Crippen molar-refractivity contribution in [2.24, 2.45) is 5.73 Å². The average Bonchev–Trinajstić information content (AvgIpc) is 2.38. The van der Waals surface area contributed by atoms with E-state index < -0.39 is 0 Å². The molecular weight excluding hydrogens is 226 g/mol. The minimum absolute atomic E-state index is 0.0991. The standard InChI is InChI=1S/C14H21N3O/c1-10-8-11(14(15)16)5-6-13(10)17-7-3-2-4-12(17)9-18/h5-6,8,12,18H,2-4,7,9H2,1H3,(H3,15,16). The second-order valence-electron chi connectivity index (χ2n) is 4.94. The first-order valence-electron chi connectivity index (χ1n) is 6.46. The summed E-state index contributed by atoms with van der Waals surface area (Å²) in [5, 5.41) is 16.9. The van der Waals surface area contributed by atoms with Crippen LogP contribution in [-0.2, 0) is 0 Å². The zero-order valence-corrected chi connectivity index (χ0v) is 10.8. The van der Waals surface area contributed by atoms with Gasteiger partial charge in [0.2, 0.25) is 0 Å². The van der Waals surface area contributed by atoms with Gasteiger partial charge < -0.3 is 15.7 Å². The van der Waals surface area contributed by atoms with E-state index >= 15 is 0 Å². The Kier molecular flexibility index (Phi) is 3.87. The Bertz CT molecular complexity index is 445. The summed E-state index contributed by atoms with van der Waals surface area (Å²) in [5.41, 5.74) is 8.52. The second-order valence-corrected chi connectivity index (χ2v) is 4.94. The maximum atomic E-state index is 9.46. The molecule has 1 unspecified atom stereocenters. The lowest BCUT2D eigenvalue weighted by Gasteiger charge is -2.37. The number of nitrogen functional groups attached to an aromatic ring is 1. The lowest BCUT2D eigenvalue weighted by molar-refractivity contribution is 0.240. The number of piperidine rings is 1. The number of rotatable bonds is 3. The monoisotopic (exact) mass is 247 g/mol. The van der Waals surface area contributed by atoms with E-state index in [9.17, 15) is 5.11 Å². The van der Waals surface area contributed by atoms with Crippen LogP contribution in [0.2, 0.25) is 0 Å². The van der Waals surface area contributed by atoms with E-state index in [-0.39, 0.29) is 18.5 Å². The summed E-state index contributed by atoms with van der Waals surface area (Å²) in [5.74, 6) is 0.0991. The van der Waals surface area contributed by atoms with E-state index in [1.807, 2.05) is 25.1 Å². The van der Waals surface area contributed by atoms with Gasteiger partial charge in [-0.15, -0.1) is 0 Å². The van der Waals surface area contributed by atoms with Gasteiger partial charge in [0.25, 0.3) is 0 Å². The fraction of sp³-hybridized carbons (Fsp3) is 0.500. The Hall–Kier alpha value is -1.55. The van der Waals surface area contributed by atoms with Crippen LogP contribution in [0.5, 0.6) is 0 Å². The molecule has 4 N–H and O–H groups in total. The number of amidine groups is 1. The van der Waals surface area contributed by atoms with Gasteiger partial charge in [-0.1, -0.05) is 0 Å². The highest BCUT2D eigenvalue weighted by atomic mass is 16.3. The van der Waals surface area contributed by atoms with Crippen LogP contribution in [0.1, 0.15) is 30.4 Å². The summed E-state index contributed by atoms with van der Waals surface area (Å²) in [7, 11) is 0. The van der Waals surface area contributed by atoms with E-state index in [1.54, 1.807) is 0 Å². The molecule has 1 saturated heterocycles. The lowest BCUT2D eigenvalue weighted by atomic mass is 9.99. The Morgan fingerprint density at radius 2 is 2.28 bits per heavy atom. The molecular formula is C14H21N3O. The van der Waals surface area contributed by atoms with Crippen LogP contribution >= 0.6 is 0 Å². The van der Waals surface area contributed by atoms with Crippen LogP contribution in [-0.4, -0.2) is 30.1 Å². The van der Waals surface area contributed by atoms with Gasteiger partial charge in [0.05, 0.1) is 12.6 Å². The van der Waals surface area contributed by atoms with Crippen LogP contribution in [0, 0.1) is 12.3 Å². The van der Waals surface area contributed by atoms with E-state index in [4.69, 9.17) is 11.1 Å². The Labute approximate surface area is 108 Å². The zero-order valence-electron chi connectivity index (χ0n) is 10.8. The third kappa shape index (κ3) is 2.48. The van der Waals surface area contributed by atoms with Gasteiger partial charge in [0, 0.05) is 17.8 Å². The minimum Gasteiger partial charge on any atom is -0.394 e. The third-order valence-corrected chi connectivity index (χ3v) is 3.66. The van der Waals surface area contributed by atoms with Crippen LogP contribution < -0.4 is 10.6 Å². The highest BCUT2D eigenvalue weighted by molar-refractivity contribution is 5.95. The molecule has 4 heteroatoms. The van der Waals surface area contributed by atoms with Gasteiger partial charge in [-0.3, -0.25) is 5.41 Å². The van der Waals surface area contributed by atoms with Crippen molar-refractivity contribution in [3.8, 4) is 0 Å². The Balaban J connectivity index is 2.29. The van der Waals surface area contributed by atoms with Gasteiger partial charge in [-0.05, 0) is 49.9 Å². The largest absolute Gasteiger partial charge is 0.394 e. The molecule has 0 radical (unpaired) electrons. The van der Waals surface area contributed by atoms with Gasteiger partial charge in [0.1, 0.15) is 5.84 Å². The lowest BCUT2D eigenvalue weighted by Crippen LogP contribution is -2.42. The topological polar surface area (TPSA) is 73.3 Å². The minimum atomic E-state index is 0.0991. The molecule has 1 aliphatic heterocycles. The van der Waals surface area contributed by atoms with Crippen molar-refractivity contribution < 1.29 is 5.11 Å². The summed E-state index contributed by atoms with van der Waals surface area (Å²) < 4.78 is 0. The Morgan fingerprint density at radius 1 is 1.50 bits per heavy atom. The van der Waals surface area contributed by atoms with Crippen molar-refractivity contribution in [1.82, 2.24) is 0 Å². The van der Waals surface area contributed by atoms with Crippen LogP contribution in [0.15, 0.2) is 18.2 Å². The molecule has 0 bridgehead atoms. The average molecular weight is 247 g/mol. The molecule has 98 valence electrons. The first-order chi connectivity index (χ1) is 8.63. The molecule has 1 heterocycles. The molecule has 1 aromatic carbocycles. The normalized spacial score (nSPS) is 19.9. The van der Waals surface area contributed by atoms with Crippen molar-refractivity contribution in [3.63, 3.8) is 0 Å². The SMILES string of the molecule is Cc1cc(C(=N)N)ccc1N1CCCCC1CO. The van der Waals surface area contributed by atoms with Crippen LogP contribution in [0.25, 0.3) is 0 Å². The molecule has 1 aromatic rings. The quantitative estimate of drug-likeness (QED) is 0.561. The van der Waals surface area contributed by atoms with Gasteiger partial charge in [0.15, 0.2) is 0 Å². The van der Waals surface area contributed by atoms with Gasteiger partial charge >= 0.3 is 0 Å². The molecule has 1 fully saturated rings. The highest BCUT2D eigenvalue weighted by Crippen LogP contribution is 2.28. The van der Waals surface area contributed by atoms with E-state index in [2.05, 4.69) is 4.90 Å². The number of hydrogen-bond donors (Lipinski definition) is 3. The number of hydrogen-bond acceptors (Lipinski definition) is 3. The number of aliphatic hydroxyl groups excluding tert-OH is 1. The fourth-order valence-electron chi connectivity index (χ4n) is 2.65. The van der Waals surface area contributed by atoms with Crippen molar-refractivity contribution in [1.29, 1.82) is 5.41 Å². The number of anilines is 1. The van der Waals surface area contributed by atoms with Gasteiger partial charge in [-0.2, -0.15) is 0 Å². The molecule has 0 saturated carbocycles. The molecule has 0 aliphatic carbocycles. The number of aliphatic hydroxyl groups is 1. The van der Waals surface area contributed by atoms with E-state index in [0.29, 0.717) is 0 Å². The smallest absolute Gasteiger partial charge is 0.122 e. The van der Waals surface area contributed by atoms with Crippen molar-refractivity contribution in [2.75, 3.05) is 18.1 Å². The molecule has 0 aromatic heterocycles. The van der Waals surface area contributed by atoms with E-state index in [0.717, 1.165) is 29.8 Å². The van der Waals surface area contributed by atoms with Gasteiger partial charge in [-0.25, -0.2) is 0 Å². The first-order valence-corrected chi connectivity index (χ1v) is 6.46. The summed E-state index contributed by atoms with van der Waals surface area (Å²) in [6.45, 7) is 3.23. The highest BCUT2D eigenvalue weighted by Gasteiger charge is 2.23. The number of nitrogens with zero attached hydrogens (tertiary/aromatic N) is 1. The summed E-state index contributed by atoms with van der Waals surface area (Å²) in [6.07, 6.45) is 3.40. The predicted octanol–water partition coefficient (Wildman–Crippen LogP) is 1.63. The first kappa shape index (κ1) is 12.9. The van der Waals surface area contributed by atoms with Crippen LogP contribution in [0.3, 0.4) is 0 Å². The van der Waals surface area contributed by atoms with Crippen molar-refractivity contribution in [2.45, 2.75) is 32.2 Å². The predicted molar refractivity (Wildman–Crippen MR) is 74.3 cm³/mol. The molecule has 2 rings (SSSR count). The number of nitrogens with one attached hydrogen (secondary N) is 1. The number of nitrogens with two attached hydrogens (primary N) is 1. The molecule has 0 spiro atoms. The number of benzene rings is 1. The second kappa shape index (κ2) is 5.40. The maximum absolute atomic E-state index is 9.46. The molecule has 1 atom stereocenters. The molecule has 1 aliphatic rings. The molecule has 0 amide bonds. The third-order valence-electron chi connectivity index (χ3n) is 3.66. The maximum Gasteiger partial charge on any atom is 0.122 e. The fourth-order valence-corrected chi connectivity index (χ4v) is 2.65. The summed E-state index contributed by atoms with van der Waals surface area (Å²) in [6, 6.07) is 6.06. The summed E-state index contributed by atoms with van der Waals surface area (Å²) in [4.78, 5) is 2.28. The Morgan fingerprint density at radius 3 is 2.89 bits per heavy atom. The number of aryl methyl sites for hydroxylation is 1. The molecule has 18 heavy (non-hydrogen) atoms. The van der Waals surface area contributed by atoms with E-state index in [1.165, 1.54) is 12.8 Å². The van der Waals surface area contributed by atoms with Crippen molar-refractivity contribution in [3.05, 3.63) is 29.3 Å². The summed E-state index contributed by atoms with van der Waals surface area (Å²) >= 11 is 0. The zero-order chi connectivity index (χ0) is 13.1. The van der Waals surface area contributed by atoms with Crippen LogP contribution in [0.4, 0.5) is 5.69 Å². The molecule has 4 nitrogen and oxygen atoms in total.